The summed E-state index contributed by atoms with van der Waals surface area (Å²) < 4.78 is 1.44. The molecule has 1 fully saturated rings. The normalized spacial score (nSPS) is 21.8. The number of pyridine rings is 1. The average Bonchev–Trinajstić information content (AvgIpc) is 3.62. The Morgan fingerprint density at radius 1 is 0.946 bits per heavy atom. The highest BCUT2D eigenvalue weighted by Crippen LogP contribution is 2.34. The maximum absolute atomic E-state index is 13.4. The second-order valence-corrected chi connectivity index (χ2v) is 10.2. The molecule has 0 spiro atoms. The van der Waals surface area contributed by atoms with Crippen LogP contribution in [0, 0.1) is 13.8 Å². The molecule has 0 aliphatic carbocycles. The van der Waals surface area contributed by atoms with Crippen LogP contribution in [0.4, 0.5) is 11.4 Å². The molecule has 1 saturated heterocycles. The van der Waals surface area contributed by atoms with E-state index >= 15 is 0 Å². The van der Waals surface area contributed by atoms with Crippen LogP contribution in [-0.2, 0) is 0 Å². The lowest BCUT2D eigenvalue weighted by atomic mass is 10.1. The van der Waals surface area contributed by atoms with Gasteiger partial charge in [-0.05, 0) is 82.4 Å². The van der Waals surface area contributed by atoms with Gasteiger partial charge < -0.3 is 10.2 Å². The van der Waals surface area contributed by atoms with Gasteiger partial charge >= 0.3 is 0 Å². The molecule has 5 heterocycles. The molecule has 1 aromatic carbocycles. The van der Waals surface area contributed by atoms with Crippen LogP contribution in [0.3, 0.4) is 0 Å². The second-order valence-electron chi connectivity index (χ2n) is 10.2. The van der Waals surface area contributed by atoms with Crippen LogP contribution in [-0.4, -0.2) is 63.1 Å². The van der Waals surface area contributed by atoms with Gasteiger partial charge in [-0.3, -0.25) is 19.5 Å². The van der Waals surface area contributed by atoms with Gasteiger partial charge in [0.1, 0.15) is 0 Å². The molecule has 1 atom stereocenters. The number of fused-ring (bicyclic) bond motifs is 9. The molecule has 1 N–H and O–H groups in total. The van der Waals surface area contributed by atoms with Crippen LogP contribution in [0.15, 0.2) is 47.7 Å². The van der Waals surface area contributed by atoms with E-state index in [9.17, 15) is 9.59 Å². The Morgan fingerprint density at radius 2 is 1.78 bits per heavy atom. The number of hydrogen-bond donors (Lipinski definition) is 1. The number of carbonyl (C=O) groups is 2. The predicted octanol–water partition coefficient (Wildman–Crippen LogP) is 4.28. The number of nitrogens with zero attached hydrogens (tertiary/aromatic N) is 6. The third-order valence-corrected chi connectivity index (χ3v) is 7.43. The Kier molecular flexibility index (Phi) is 6.08. The van der Waals surface area contributed by atoms with E-state index in [2.05, 4.69) is 49.2 Å². The van der Waals surface area contributed by atoms with Crippen molar-refractivity contribution < 1.29 is 9.59 Å². The fraction of sp³-hybridized carbons (Fsp3) is 0.393. The zero-order chi connectivity index (χ0) is 25.5. The third-order valence-electron chi connectivity index (χ3n) is 7.43. The van der Waals surface area contributed by atoms with Crippen LogP contribution in [0.25, 0.3) is 11.3 Å². The minimum atomic E-state index is -0.338. The molecule has 190 valence electrons. The maximum atomic E-state index is 13.4. The number of nitrogens with one attached hydrogen (secondary N) is 1. The summed E-state index contributed by atoms with van der Waals surface area (Å²) in [5.74, 6) is 0.217. The Morgan fingerprint density at radius 3 is 2.68 bits per heavy atom. The number of amides is 1. The van der Waals surface area contributed by atoms with Crippen molar-refractivity contribution in [2.75, 3.05) is 29.9 Å². The topological polar surface area (TPSA) is 95.7 Å². The molecular weight excluding hydrogens is 466 g/mol. The molecule has 9 nitrogen and oxygen atoms in total. The van der Waals surface area contributed by atoms with Crippen molar-refractivity contribution in [1.29, 1.82) is 0 Å². The minimum absolute atomic E-state index is 0.00169. The van der Waals surface area contributed by atoms with Gasteiger partial charge in [-0.1, -0.05) is 12.5 Å². The Hall–Kier alpha value is -3.85. The number of aliphatic imine (C=N–C) groups is 1. The van der Waals surface area contributed by atoms with E-state index < -0.39 is 0 Å². The summed E-state index contributed by atoms with van der Waals surface area (Å²) in [7, 11) is 0. The highest BCUT2D eigenvalue weighted by molar-refractivity contribution is 6.19. The van der Waals surface area contributed by atoms with Gasteiger partial charge in [0.15, 0.2) is 0 Å². The van der Waals surface area contributed by atoms with Gasteiger partial charge in [-0.25, -0.2) is 4.68 Å². The number of hydrogen-bond acceptors (Lipinski definition) is 7. The molecule has 1 unspecified atom stereocenters. The lowest BCUT2D eigenvalue weighted by molar-refractivity contribution is 0.0762. The van der Waals surface area contributed by atoms with E-state index in [0.717, 1.165) is 68.7 Å². The molecule has 3 aliphatic rings. The van der Waals surface area contributed by atoms with Gasteiger partial charge in [-0.2, -0.15) is 10.1 Å². The second kappa shape index (κ2) is 9.55. The van der Waals surface area contributed by atoms with Crippen molar-refractivity contribution in [3.8, 4) is 11.3 Å². The molecule has 9 heteroatoms. The van der Waals surface area contributed by atoms with Gasteiger partial charge in [0.25, 0.3) is 11.8 Å². The number of carbonyl (C=O) groups excluding carboxylic acids is 2. The quantitative estimate of drug-likeness (QED) is 0.495. The first-order valence-corrected chi connectivity index (χ1v) is 13.1. The van der Waals surface area contributed by atoms with Crippen molar-refractivity contribution >= 4 is 29.1 Å². The summed E-state index contributed by atoms with van der Waals surface area (Å²) in [5.41, 5.74) is 5.62. The Labute approximate surface area is 216 Å². The number of anilines is 2. The van der Waals surface area contributed by atoms with E-state index in [1.165, 1.54) is 4.68 Å². The number of benzene rings is 1. The zero-order valence-electron chi connectivity index (χ0n) is 21.3. The standard InChI is InChI=1S/C28H31N7O2/c1-18-8-9-22-25(13-18)34-12-5-3-4-10-33-11-6-7-24(33)27(37)35-17-21(16-29-35)23-15-20(14-19(2)30-23)26(36)32-28(34)31-22/h8-9,13-17,24H,3-7,10-12H2,1-2H3,(H,31,32,36). The predicted molar refractivity (Wildman–Crippen MR) is 143 cm³/mol. The van der Waals surface area contributed by atoms with Crippen molar-refractivity contribution in [2.45, 2.75) is 52.0 Å². The van der Waals surface area contributed by atoms with E-state index in [4.69, 9.17) is 0 Å². The zero-order valence-corrected chi connectivity index (χ0v) is 21.3. The summed E-state index contributed by atoms with van der Waals surface area (Å²) in [6.07, 6.45) is 8.23. The largest absolute Gasteiger partial charge is 0.324 e. The molecule has 4 bridgehead atoms. The molecule has 3 aromatic rings. The first-order valence-electron chi connectivity index (χ1n) is 13.1. The van der Waals surface area contributed by atoms with E-state index in [-0.39, 0.29) is 17.9 Å². The van der Waals surface area contributed by atoms with Crippen LogP contribution < -0.4 is 10.2 Å². The molecule has 2 aromatic heterocycles. The van der Waals surface area contributed by atoms with Gasteiger partial charge in [0, 0.05) is 29.6 Å². The van der Waals surface area contributed by atoms with Gasteiger partial charge in [0.2, 0.25) is 5.96 Å². The third kappa shape index (κ3) is 4.55. The summed E-state index contributed by atoms with van der Waals surface area (Å²) in [6, 6.07) is 9.56. The number of guanidine groups is 1. The summed E-state index contributed by atoms with van der Waals surface area (Å²) in [6.45, 7) is 6.51. The molecule has 6 rings (SSSR count). The van der Waals surface area contributed by atoms with Gasteiger partial charge in [0.05, 0.1) is 29.3 Å². The van der Waals surface area contributed by atoms with E-state index in [0.29, 0.717) is 28.5 Å². The van der Waals surface area contributed by atoms with Crippen molar-refractivity contribution in [3.05, 3.63) is 59.5 Å². The lowest BCUT2D eigenvalue weighted by Gasteiger charge is -2.23. The fourth-order valence-corrected chi connectivity index (χ4v) is 5.55. The van der Waals surface area contributed by atoms with Crippen LogP contribution in [0.2, 0.25) is 0 Å². The highest BCUT2D eigenvalue weighted by Gasteiger charge is 2.32. The van der Waals surface area contributed by atoms with Gasteiger partial charge in [-0.15, -0.1) is 0 Å². The molecule has 37 heavy (non-hydrogen) atoms. The molecular formula is C28H31N7O2. The lowest BCUT2D eigenvalue weighted by Crippen LogP contribution is -2.39. The van der Waals surface area contributed by atoms with Crippen molar-refractivity contribution in [3.63, 3.8) is 0 Å². The summed E-state index contributed by atoms with van der Waals surface area (Å²) in [4.78, 5) is 40.2. The molecule has 0 radical (unpaired) electrons. The smallest absolute Gasteiger partial charge is 0.280 e. The number of aromatic nitrogens is 3. The first kappa shape index (κ1) is 23.5. The van der Waals surface area contributed by atoms with Crippen molar-refractivity contribution in [1.82, 2.24) is 19.7 Å². The number of rotatable bonds is 0. The molecule has 3 aliphatic heterocycles. The monoisotopic (exact) mass is 497 g/mol. The fourth-order valence-electron chi connectivity index (χ4n) is 5.55. The first-order chi connectivity index (χ1) is 18.0. The van der Waals surface area contributed by atoms with Crippen LogP contribution in [0.5, 0.6) is 0 Å². The minimum Gasteiger partial charge on any atom is -0.324 e. The highest BCUT2D eigenvalue weighted by atomic mass is 16.2. The Bertz CT molecular complexity index is 1410. The molecule has 0 saturated carbocycles. The van der Waals surface area contributed by atoms with E-state index in [1.807, 2.05) is 13.0 Å². The SMILES string of the molecule is Cc1ccc2c(c1)N1CCCCCN3CCCC3C(=O)n3cc(cn3)-c3cc(cc(C)n3)C(=O)/N=C/1N2. The number of aryl methyl sites for hydroxylation is 2. The summed E-state index contributed by atoms with van der Waals surface area (Å²) >= 11 is 0. The molecule has 1 amide bonds. The average molecular weight is 498 g/mol. The van der Waals surface area contributed by atoms with Crippen LogP contribution >= 0.6 is 0 Å². The Balaban J connectivity index is 1.39. The van der Waals surface area contributed by atoms with Crippen molar-refractivity contribution in [2.24, 2.45) is 4.99 Å². The van der Waals surface area contributed by atoms with E-state index in [1.54, 1.807) is 24.5 Å². The maximum Gasteiger partial charge on any atom is 0.280 e. The van der Waals surface area contributed by atoms with Crippen LogP contribution in [0.1, 0.15) is 58.5 Å². The summed E-state index contributed by atoms with van der Waals surface area (Å²) in [5, 5.41) is 7.72.